The van der Waals surface area contributed by atoms with E-state index in [-0.39, 0.29) is 30.6 Å². The van der Waals surface area contributed by atoms with Crippen molar-refractivity contribution in [1.82, 2.24) is 15.3 Å². The van der Waals surface area contributed by atoms with E-state index in [1.807, 2.05) is 13.8 Å². The topological polar surface area (TPSA) is 107 Å². The Labute approximate surface area is 215 Å². The first kappa shape index (κ1) is 26.5. The van der Waals surface area contributed by atoms with E-state index in [1.165, 1.54) is 12.1 Å². The number of likely N-dealkylation sites (tertiary alicyclic amines) is 1. The van der Waals surface area contributed by atoms with Gasteiger partial charge in [-0.2, -0.15) is 0 Å². The Morgan fingerprint density at radius 3 is 2.22 bits per heavy atom. The summed E-state index contributed by atoms with van der Waals surface area (Å²) in [6.07, 6.45) is 1.41. The van der Waals surface area contributed by atoms with Crippen molar-refractivity contribution < 1.29 is 28.8 Å². The largest absolute Gasteiger partial charge is 0.342 e. The Bertz CT molecular complexity index is 1160. The minimum absolute atomic E-state index is 0.0438. The molecule has 2 aliphatic heterocycles. The van der Waals surface area contributed by atoms with Crippen LogP contribution in [0.1, 0.15) is 59.4 Å². The van der Waals surface area contributed by atoms with Crippen molar-refractivity contribution >= 4 is 23.6 Å². The predicted molar refractivity (Wildman–Crippen MR) is 133 cm³/mol. The van der Waals surface area contributed by atoms with Gasteiger partial charge in [0.05, 0.1) is 22.5 Å². The normalized spacial score (nSPS) is 20.1. The third-order valence-corrected chi connectivity index (χ3v) is 7.51. The van der Waals surface area contributed by atoms with Crippen LogP contribution in [0.4, 0.5) is 4.39 Å². The lowest BCUT2D eigenvalue weighted by Crippen LogP contribution is -2.48. The summed E-state index contributed by atoms with van der Waals surface area (Å²) in [5.41, 5.74) is 2.17. The van der Waals surface area contributed by atoms with Gasteiger partial charge in [-0.3, -0.25) is 29.3 Å². The van der Waals surface area contributed by atoms with Gasteiger partial charge in [-0.15, -0.1) is 0 Å². The Morgan fingerprint density at radius 2 is 1.65 bits per heavy atom. The summed E-state index contributed by atoms with van der Waals surface area (Å²) in [4.78, 5) is 55.4. The van der Waals surface area contributed by atoms with Crippen LogP contribution in [0.25, 0.3) is 0 Å². The molecule has 2 aliphatic rings. The number of hydroxylamine groups is 1. The molecule has 0 aliphatic carbocycles. The quantitative estimate of drug-likeness (QED) is 0.290. The number of amides is 4. The van der Waals surface area contributed by atoms with Crippen molar-refractivity contribution in [1.29, 1.82) is 0 Å². The van der Waals surface area contributed by atoms with Crippen LogP contribution in [0.2, 0.25) is 0 Å². The van der Waals surface area contributed by atoms with Crippen molar-refractivity contribution in [3.05, 3.63) is 71.0 Å². The summed E-state index contributed by atoms with van der Waals surface area (Å²) >= 11 is 0. The van der Waals surface area contributed by atoms with Crippen LogP contribution < -0.4 is 5.48 Å². The summed E-state index contributed by atoms with van der Waals surface area (Å²) in [7, 11) is 0. The van der Waals surface area contributed by atoms with Crippen LogP contribution >= 0.6 is 0 Å². The highest BCUT2D eigenvalue weighted by molar-refractivity contribution is 6.21. The molecule has 2 N–H and O–H groups in total. The molecule has 0 aromatic heterocycles. The number of nitrogens with zero attached hydrogens (tertiary/aromatic N) is 2. The zero-order valence-electron chi connectivity index (χ0n) is 21.1. The lowest BCUT2D eigenvalue weighted by Gasteiger charge is -2.36. The Hall–Kier alpha value is -3.59. The fourth-order valence-corrected chi connectivity index (χ4v) is 5.81. The first-order valence-corrected chi connectivity index (χ1v) is 12.6. The second-order valence-corrected chi connectivity index (χ2v) is 10.3. The van der Waals surface area contributed by atoms with E-state index in [0.29, 0.717) is 43.5 Å². The van der Waals surface area contributed by atoms with Crippen molar-refractivity contribution in [3.8, 4) is 0 Å². The molecular weight excluding hydrogens is 477 g/mol. The zero-order chi connectivity index (χ0) is 26.7. The van der Waals surface area contributed by atoms with Crippen LogP contribution in [-0.4, -0.2) is 58.3 Å². The molecule has 0 radical (unpaired) electrons. The molecule has 1 fully saturated rings. The number of hydrogen-bond donors (Lipinski definition) is 2. The highest BCUT2D eigenvalue weighted by Crippen LogP contribution is 2.46. The molecule has 0 bridgehead atoms. The van der Waals surface area contributed by atoms with Crippen molar-refractivity contribution in [3.63, 3.8) is 0 Å². The highest BCUT2D eigenvalue weighted by Gasteiger charge is 2.54. The van der Waals surface area contributed by atoms with E-state index < -0.39 is 29.1 Å². The smallest absolute Gasteiger partial charge is 0.261 e. The lowest BCUT2D eigenvalue weighted by atomic mass is 9.67. The lowest BCUT2D eigenvalue weighted by molar-refractivity contribution is -0.150. The van der Waals surface area contributed by atoms with Gasteiger partial charge in [0.25, 0.3) is 11.8 Å². The average molecular weight is 510 g/mol. The standard InChI is InChI=1S/C28H32FN3O5/c1-18(2)17-28(13-16-31(27(28)36)14-11-19-7-9-20(29)10-8-19)23(24(33)30-37)12-15-32-25(34)21-5-3-4-6-22(21)26(32)35/h3-10,18,23,37H,11-17H2,1-2H3,(H,30,33)/t23-,28+/m0/s1. The van der Waals surface area contributed by atoms with E-state index in [2.05, 4.69) is 0 Å². The number of benzene rings is 2. The third-order valence-electron chi connectivity index (χ3n) is 7.51. The Kier molecular flexibility index (Phi) is 7.73. The molecule has 0 spiro atoms. The number of imide groups is 1. The summed E-state index contributed by atoms with van der Waals surface area (Å²) in [6, 6.07) is 12.7. The maximum atomic E-state index is 13.9. The van der Waals surface area contributed by atoms with E-state index >= 15 is 0 Å². The molecule has 1 saturated heterocycles. The molecule has 2 atom stereocenters. The van der Waals surface area contributed by atoms with Gasteiger partial charge in [0, 0.05) is 19.6 Å². The van der Waals surface area contributed by atoms with Crippen LogP contribution in [0.3, 0.4) is 0 Å². The van der Waals surface area contributed by atoms with Gasteiger partial charge in [-0.1, -0.05) is 38.1 Å². The fraction of sp³-hybridized carbons (Fsp3) is 0.429. The highest BCUT2D eigenvalue weighted by atomic mass is 19.1. The summed E-state index contributed by atoms with van der Waals surface area (Å²) in [5, 5.41) is 9.58. The van der Waals surface area contributed by atoms with Crippen molar-refractivity contribution in [2.75, 3.05) is 19.6 Å². The Balaban J connectivity index is 1.54. The van der Waals surface area contributed by atoms with Gasteiger partial charge in [0.1, 0.15) is 5.82 Å². The van der Waals surface area contributed by atoms with Gasteiger partial charge < -0.3 is 4.90 Å². The number of hydrogen-bond acceptors (Lipinski definition) is 5. The van der Waals surface area contributed by atoms with E-state index in [4.69, 9.17) is 0 Å². The number of carbonyl (C=O) groups is 4. The number of fused-ring (bicyclic) bond motifs is 1. The first-order valence-electron chi connectivity index (χ1n) is 12.6. The van der Waals surface area contributed by atoms with Gasteiger partial charge in [-0.05, 0) is 61.4 Å². The van der Waals surface area contributed by atoms with Crippen LogP contribution in [0, 0.1) is 23.1 Å². The molecule has 196 valence electrons. The SMILES string of the molecule is CC(C)C[C@@]1([C@@H](CCN2C(=O)c3ccccc3C2=O)C(=O)NO)CCN(CCc2ccc(F)cc2)C1=O. The number of nitrogens with one attached hydrogen (secondary N) is 1. The second kappa shape index (κ2) is 10.8. The number of carbonyl (C=O) groups excluding carboxylic acids is 4. The molecule has 0 unspecified atom stereocenters. The van der Waals surface area contributed by atoms with Crippen LogP contribution in [0.5, 0.6) is 0 Å². The van der Waals surface area contributed by atoms with E-state index in [0.717, 1.165) is 10.5 Å². The zero-order valence-corrected chi connectivity index (χ0v) is 21.1. The molecule has 8 nitrogen and oxygen atoms in total. The van der Waals surface area contributed by atoms with Gasteiger partial charge in [0.2, 0.25) is 11.8 Å². The minimum Gasteiger partial charge on any atom is -0.342 e. The van der Waals surface area contributed by atoms with Gasteiger partial charge >= 0.3 is 0 Å². The molecule has 0 saturated carbocycles. The van der Waals surface area contributed by atoms with Crippen molar-refractivity contribution in [2.45, 2.75) is 39.5 Å². The van der Waals surface area contributed by atoms with Crippen LogP contribution in [0.15, 0.2) is 48.5 Å². The monoisotopic (exact) mass is 509 g/mol. The number of rotatable bonds is 10. The minimum atomic E-state index is -1.08. The molecule has 37 heavy (non-hydrogen) atoms. The maximum absolute atomic E-state index is 13.9. The molecule has 4 amide bonds. The van der Waals surface area contributed by atoms with E-state index in [9.17, 15) is 28.8 Å². The maximum Gasteiger partial charge on any atom is 0.261 e. The van der Waals surface area contributed by atoms with E-state index in [1.54, 1.807) is 46.8 Å². The number of halogens is 1. The predicted octanol–water partition coefficient (Wildman–Crippen LogP) is 3.44. The molecule has 2 heterocycles. The summed E-state index contributed by atoms with van der Waals surface area (Å²) < 4.78 is 13.3. The molecule has 2 aromatic rings. The van der Waals surface area contributed by atoms with Crippen LogP contribution in [-0.2, 0) is 16.0 Å². The summed E-state index contributed by atoms with van der Waals surface area (Å²) in [6.45, 7) is 4.74. The molecular formula is C28H32FN3O5. The first-order chi connectivity index (χ1) is 17.7. The Morgan fingerprint density at radius 1 is 1.03 bits per heavy atom. The van der Waals surface area contributed by atoms with Gasteiger partial charge in [0.15, 0.2) is 0 Å². The average Bonchev–Trinajstić information content (AvgIpc) is 3.32. The van der Waals surface area contributed by atoms with Crippen molar-refractivity contribution in [2.24, 2.45) is 17.3 Å². The van der Waals surface area contributed by atoms with Gasteiger partial charge in [-0.25, -0.2) is 9.87 Å². The second-order valence-electron chi connectivity index (χ2n) is 10.3. The fourth-order valence-electron chi connectivity index (χ4n) is 5.81. The summed E-state index contributed by atoms with van der Waals surface area (Å²) in [5.74, 6) is -2.93. The molecule has 4 rings (SSSR count). The molecule has 2 aromatic carbocycles. The third kappa shape index (κ3) is 5.13. The molecule has 9 heteroatoms.